The summed E-state index contributed by atoms with van der Waals surface area (Å²) in [6, 6.07) is 8.68. The molecule has 0 N–H and O–H groups in total. The molecule has 2 aliphatic carbocycles. The van der Waals surface area contributed by atoms with Crippen LogP contribution in [0.4, 0.5) is 0 Å². The second kappa shape index (κ2) is 4.89. The first-order valence-corrected chi connectivity index (χ1v) is 6.81. The maximum atomic E-state index is 4.03. The Hall–Kier alpha value is -2.08. The molecule has 0 heteroatoms. The molecular formula is C19H18. The molecule has 94 valence electrons. The van der Waals surface area contributed by atoms with Gasteiger partial charge in [-0.3, -0.25) is 0 Å². The molecule has 0 radical (unpaired) electrons. The monoisotopic (exact) mass is 246 g/mol. The van der Waals surface area contributed by atoms with Crippen LogP contribution in [0.1, 0.15) is 30.4 Å². The second-order valence-electron chi connectivity index (χ2n) is 4.93. The average molecular weight is 246 g/mol. The SMILES string of the molecule is C=CC1=C2/C(=C\C)C/C=C\C=C/C2c2ccccc21. The smallest absolute Gasteiger partial charge is 0.0287 e. The van der Waals surface area contributed by atoms with Gasteiger partial charge in [0, 0.05) is 5.92 Å². The summed E-state index contributed by atoms with van der Waals surface area (Å²) in [6.45, 7) is 6.16. The molecule has 19 heavy (non-hydrogen) atoms. The number of rotatable bonds is 1. The highest BCUT2D eigenvalue weighted by molar-refractivity contribution is 5.88. The van der Waals surface area contributed by atoms with E-state index >= 15 is 0 Å². The molecule has 0 amide bonds. The molecule has 0 spiro atoms. The standard InChI is InChI=1S/C19H18/c1-3-14-10-6-5-7-13-18-17-12-9-8-11-16(17)15(4-2)19(14)18/h3-9,11-13,18H,2,10H2,1H3/b6-5-,13-7-,14-3-. The lowest BCUT2D eigenvalue weighted by molar-refractivity contribution is 0.999. The van der Waals surface area contributed by atoms with Gasteiger partial charge in [-0.2, -0.15) is 0 Å². The van der Waals surface area contributed by atoms with Crippen LogP contribution in [0.15, 0.2) is 78.4 Å². The third-order valence-corrected chi connectivity index (χ3v) is 3.97. The molecular weight excluding hydrogens is 228 g/mol. The fourth-order valence-corrected chi connectivity index (χ4v) is 3.11. The van der Waals surface area contributed by atoms with Crippen LogP contribution in [-0.2, 0) is 0 Å². The zero-order chi connectivity index (χ0) is 13.2. The largest absolute Gasteiger partial charge is 0.0984 e. The Bertz CT molecular complexity index is 636. The predicted octanol–water partition coefficient (Wildman–Crippen LogP) is 5.19. The van der Waals surface area contributed by atoms with Crippen LogP contribution in [0.5, 0.6) is 0 Å². The van der Waals surface area contributed by atoms with E-state index in [2.05, 4.69) is 68.1 Å². The van der Waals surface area contributed by atoms with E-state index < -0.39 is 0 Å². The Morgan fingerprint density at radius 3 is 2.84 bits per heavy atom. The minimum absolute atomic E-state index is 0.375. The fourth-order valence-electron chi connectivity index (χ4n) is 3.11. The molecule has 0 heterocycles. The summed E-state index contributed by atoms with van der Waals surface area (Å²) in [5, 5.41) is 0. The minimum atomic E-state index is 0.375. The van der Waals surface area contributed by atoms with E-state index in [1.165, 1.54) is 27.8 Å². The van der Waals surface area contributed by atoms with Crippen LogP contribution >= 0.6 is 0 Å². The summed E-state index contributed by atoms with van der Waals surface area (Å²) in [5.74, 6) is 0.375. The minimum Gasteiger partial charge on any atom is -0.0984 e. The van der Waals surface area contributed by atoms with Crippen molar-refractivity contribution in [3.63, 3.8) is 0 Å². The van der Waals surface area contributed by atoms with Crippen LogP contribution in [0.2, 0.25) is 0 Å². The van der Waals surface area contributed by atoms with Gasteiger partial charge in [-0.1, -0.05) is 67.3 Å². The van der Waals surface area contributed by atoms with Crippen LogP contribution in [0, 0.1) is 0 Å². The van der Waals surface area contributed by atoms with Gasteiger partial charge in [-0.15, -0.1) is 0 Å². The molecule has 0 nitrogen and oxygen atoms in total. The maximum absolute atomic E-state index is 4.03. The fraction of sp³-hybridized carbons (Fsp3) is 0.158. The highest BCUT2D eigenvalue weighted by Gasteiger charge is 2.29. The molecule has 0 aromatic heterocycles. The van der Waals surface area contributed by atoms with Crippen molar-refractivity contribution in [3.8, 4) is 0 Å². The molecule has 0 saturated carbocycles. The van der Waals surface area contributed by atoms with Crippen molar-refractivity contribution in [2.75, 3.05) is 0 Å². The Balaban J connectivity index is 2.28. The zero-order valence-electron chi connectivity index (χ0n) is 11.3. The topological polar surface area (TPSA) is 0 Å². The predicted molar refractivity (Wildman–Crippen MR) is 83.0 cm³/mol. The summed E-state index contributed by atoms with van der Waals surface area (Å²) in [6.07, 6.45) is 14.1. The number of hydrogen-bond acceptors (Lipinski definition) is 0. The zero-order valence-corrected chi connectivity index (χ0v) is 11.3. The van der Waals surface area contributed by atoms with Gasteiger partial charge >= 0.3 is 0 Å². The first kappa shape index (κ1) is 12.0. The van der Waals surface area contributed by atoms with Gasteiger partial charge in [0.2, 0.25) is 0 Å². The van der Waals surface area contributed by atoms with Crippen LogP contribution in [0.3, 0.4) is 0 Å². The molecule has 0 aliphatic heterocycles. The molecule has 1 aromatic rings. The van der Waals surface area contributed by atoms with E-state index in [1.54, 1.807) is 0 Å². The molecule has 0 fully saturated rings. The highest BCUT2D eigenvalue weighted by Crippen LogP contribution is 2.47. The lowest BCUT2D eigenvalue weighted by atomic mass is 9.87. The van der Waals surface area contributed by atoms with Crippen molar-refractivity contribution in [2.45, 2.75) is 19.3 Å². The molecule has 1 atom stereocenters. The van der Waals surface area contributed by atoms with Crippen molar-refractivity contribution >= 4 is 5.57 Å². The summed E-state index contributed by atoms with van der Waals surface area (Å²) >= 11 is 0. The van der Waals surface area contributed by atoms with E-state index in [0.717, 1.165) is 6.42 Å². The normalized spacial score (nSPS) is 26.4. The first-order chi connectivity index (χ1) is 9.36. The Labute approximate surface area is 115 Å². The van der Waals surface area contributed by atoms with Gasteiger partial charge < -0.3 is 0 Å². The summed E-state index contributed by atoms with van der Waals surface area (Å²) < 4.78 is 0. The quantitative estimate of drug-likeness (QED) is 0.640. The number of benzene rings is 1. The van der Waals surface area contributed by atoms with Crippen molar-refractivity contribution in [1.82, 2.24) is 0 Å². The second-order valence-corrected chi connectivity index (χ2v) is 4.93. The van der Waals surface area contributed by atoms with Gasteiger partial charge in [-0.25, -0.2) is 0 Å². The van der Waals surface area contributed by atoms with Gasteiger partial charge in [0.05, 0.1) is 0 Å². The molecule has 3 rings (SSSR count). The summed E-state index contributed by atoms with van der Waals surface area (Å²) in [4.78, 5) is 0. The summed E-state index contributed by atoms with van der Waals surface area (Å²) in [5.41, 5.74) is 6.88. The van der Waals surface area contributed by atoms with E-state index in [0.29, 0.717) is 5.92 Å². The maximum Gasteiger partial charge on any atom is 0.0287 e. The number of allylic oxidation sites excluding steroid dienone is 9. The average Bonchev–Trinajstić information content (AvgIpc) is 2.73. The van der Waals surface area contributed by atoms with Gasteiger partial charge in [0.25, 0.3) is 0 Å². The van der Waals surface area contributed by atoms with E-state index in [-0.39, 0.29) is 0 Å². The van der Waals surface area contributed by atoms with Gasteiger partial charge in [0.15, 0.2) is 0 Å². The Morgan fingerprint density at radius 1 is 1.21 bits per heavy atom. The first-order valence-electron chi connectivity index (χ1n) is 6.81. The van der Waals surface area contributed by atoms with Crippen molar-refractivity contribution in [2.24, 2.45) is 0 Å². The van der Waals surface area contributed by atoms with E-state index in [1.807, 2.05) is 6.08 Å². The van der Waals surface area contributed by atoms with E-state index in [4.69, 9.17) is 0 Å². The lowest BCUT2D eigenvalue weighted by Crippen LogP contribution is -2.00. The molecule has 1 aromatic carbocycles. The third-order valence-electron chi connectivity index (χ3n) is 3.97. The van der Waals surface area contributed by atoms with E-state index in [9.17, 15) is 0 Å². The van der Waals surface area contributed by atoms with Gasteiger partial charge in [0.1, 0.15) is 0 Å². The molecule has 2 aliphatic rings. The van der Waals surface area contributed by atoms with Crippen molar-refractivity contribution in [3.05, 3.63) is 89.6 Å². The van der Waals surface area contributed by atoms with Crippen molar-refractivity contribution in [1.29, 1.82) is 0 Å². The third kappa shape index (κ3) is 1.84. The van der Waals surface area contributed by atoms with Crippen LogP contribution < -0.4 is 0 Å². The Morgan fingerprint density at radius 2 is 2.05 bits per heavy atom. The Kier molecular flexibility index (Phi) is 3.08. The molecule has 1 unspecified atom stereocenters. The number of fused-ring (bicyclic) bond motifs is 3. The van der Waals surface area contributed by atoms with Gasteiger partial charge in [-0.05, 0) is 41.2 Å². The van der Waals surface area contributed by atoms with Crippen LogP contribution in [0.25, 0.3) is 5.57 Å². The molecule has 0 saturated heterocycles. The van der Waals surface area contributed by atoms with Crippen LogP contribution in [-0.4, -0.2) is 0 Å². The molecule has 0 bridgehead atoms. The van der Waals surface area contributed by atoms with Crippen molar-refractivity contribution < 1.29 is 0 Å². The number of hydrogen-bond donors (Lipinski definition) is 0. The lowest BCUT2D eigenvalue weighted by Gasteiger charge is -2.17. The summed E-state index contributed by atoms with van der Waals surface area (Å²) in [7, 11) is 0. The highest BCUT2D eigenvalue weighted by atomic mass is 14.3.